The molecule has 0 aliphatic heterocycles. The third-order valence-electron chi connectivity index (χ3n) is 2.75. The molecule has 1 nitrogen and oxygen atoms in total. The summed E-state index contributed by atoms with van der Waals surface area (Å²) in [6, 6.07) is 8.73. The Morgan fingerprint density at radius 1 is 1.21 bits per heavy atom. The van der Waals surface area contributed by atoms with Crippen LogP contribution < -0.4 is 5.32 Å². The molecule has 0 aromatic heterocycles. The SMILES string of the molecule is CCc1ccccc1C(C)(C)CNC. The van der Waals surface area contributed by atoms with Gasteiger partial charge in [-0.05, 0) is 24.6 Å². The summed E-state index contributed by atoms with van der Waals surface area (Å²) in [4.78, 5) is 0. The molecule has 0 saturated carbocycles. The van der Waals surface area contributed by atoms with Crippen LogP contribution in [0.1, 0.15) is 31.9 Å². The summed E-state index contributed by atoms with van der Waals surface area (Å²) in [7, 11) is 2.01. The lowest BCUT2D eigenvalue weighted by molar-refractivity contribution is 0.490. The van der Waals surface area contributed by atoms with Gasteiger partial charge in [0.25, 0.3) is 0 Å². The highest BCUT2D eigenvalue weighted by atomic mass is 14.8. The molecule has 0 saturated heterocycles. The fourth-order valence-corrected chi connectivity index (χ4v) is 2.03. The fourth-order valence-electron chi connectivity index (χ4n) is 2.03. The minimum absolute atomic E-state index is 0.224. The van der Waals surface area contributed by atoms with E-state index in [0.29, 0.717) is 0 Å². The predicted molar refractivity (Wildman–Crippen MR) is 62.8 cm³/mol. The highest BCUT2D eigenvalue weighted by Gasteiger charge is 2.21. The van der Waals surface area contributed by atoms with E-state index in [-0.39, 0.29) is 5.41 Å². The third-order valence-corrected chi connectivity index (χ3v) is 2.75. The molecule has 0 atom stereocenters. The molecule has 78 valence electrons. The fraction of sp³-hybridized carbons (Fsp3) is 0.538. The molecule has 0 aliphatic rings. The largest absolute Gasteiger partial charge is 0.319 e. The molecule has 0 unspecified atom stereocenters. The minimum Gasteiger partial charge on any atom is -0.319 e. The Morgan fingerprint density at radius 3 is 2.43 bits per heavy atom. The molecule has 1 aromatic rings. The third kappa shape index (κ3) is 2.36. The van der Waals surface area contributed by atoms with Gasteiger partial charge in [0.05, 0.1) is 0 Å². The number of hydrogen-bond donors (Lipinski definition) is 1. The molecule has 0 heterocycles. The molecule has 0 spiro atoms. The first-order chi connectivity index (χ1) is 6.61. The lowest BCUT2D eigenvalue weighted by Gasteiger charge is -2.27. The van der Waals surface area contributed by atoms with Crippen LogP contribution in [0.4, 0.5) is 0 Å². The van der Waals surface area contributed by atoms with E-state index in [1.165, 1.54) is 11.1 Å². The van der Waals surface area contributed by atoms with E-state index < -0.39 is 0 Å². The summed E-state index contributed by atoms with van der Waals surface area (Å²) in [5.41, 5.74) is 3.16. The Hall–Kier alpha value is -0.820. The summed E-state index contributed by atoms with van der Waals surface area (Å²) in [6.07, 6.45) is 1.11. The first-order valence-corrected chi connectivity index (χ1v) is 5.35. The van der Waals surface area contributed by atoms with Gasteiger partial charge in [-0.2, -0.15) is 0 Å². The van der Waals surface area contributed by atoms with Gasteiger partial charge in [0.1, 0.15) is 0 Å². The van der Waals surface area contributed by atoms with Crippen molar-refractivity contribution in [3.63, 3.8) is 0 Å². The van der Waals surface area contributed by atoms with E-state index in [9.17, 15) is 0 Å². The second-order valence-electron chi connectivity index (χ2n) is 4.42. The quantitative estimate of drug-likeness (QED) is 0.771. The zero-order valence-corrected chi connectivity index (χ0v) is 9.72. The normalized spacial score (nSPS) is 11.7. The van der Waals surface area contributed by atoms with Gasteiger partial charge < -0.3 is 5.32 Å². The van der Waals surface area contributed by atoms with Gasteiger partial charge in [-0.1, -0.05) is 45.0 Å². The summed E-state index contributed by atoms with van der Waals surface area (Å²) in [5.74, 6) is 0. The molecule has 1 heteroatoms. The second kappa shape index (κ2) is 4.61. The van der Waals surface area contributed by atoms with Crippen LogP contribution in [0.3, 0.4) is 0 Å². The molecule has 0 aliphatic carbocycles. The first kappa shape index (κ1) is 11.3. The van der Waals surface area contributed by atoms with Crippen molar-refractivity contribution in [3.8, 4) is 0 Å². The number of hydrogen-bond acceptors (Lipinski definition) is 1. The van der Waals surface area contributed by atoms with E-state index in [1.54, 1.807) is 0 Å². The maximum atomic E-state index is 3.26. The summed E-state index contributed by atoms with van der Waals surface area (Å²) >= 11 is 0. The molecule has 14 heavy (non-hydrogen) atoms. The van der Waals surface area contributed by atoms with Crippen molar-refractivity contribution >= 4 is 0 Å². The van der Waals surface area contributed by atoms with Gasteiger partial charge in [-0.25, -0.2) is 0 Å². The predicted octanol–water partition coefficient (Wildman–Crippen LogP) is 2.75. The maximum absolute atomic E-state index is 3.26. The van der Waals surface area contributed by atoms with Gasteiger partial charge in [-0.15, -0.1) is 0 Å². The smallest absolute Gasteiger partial charge is 0.00402 e. The zero-order valence-electron chi connectivity index (χ0n) is 9.72. The summed E-state index contributed by atoms with van der Waals surface area (Å²) in [6.45, 7) is 7.81. The van der Waals surface area contributed by atoms with E-state index >= 15 is 0 Å². The Balaban J connectivity index is 3.04. The molecule has 0 bridgehead atoms. The van der Waals surface area contributed by atoms with Crippen LogP contribution in [0.5, 0.6) is 0 Å². The van der Waals surface area contributed by atoms with E-state index in [4.69, 9.17) is 0 Å². The van der Waals surface area contributed by atoms with Gasteiger partial charge in [0.2, 0.25) is 0 Å². The molecule has 0 fully saturated rings. The number of likely N-dealkylation sites (N-methyl/N-ethyl adjacent to an activating group) is 1. The topological polar surface area (TPSA) is 12.0 Å². The average Bonchev–Trinajstić information content (AvgIpc) is 2.18. The zero-order chi connectivity index (χ0) is 10.6. The Bertz CT molecular complexity index is 289. The van der Waals surface area contributed by atoms with Gasteiger partial charge in [-0.3, -0.25) is 0 Å². The number of nitrogens with one attached hydrogen (secondary N) is 1. The van der Waals surface area contributed by atoms with E-state index in [1.807, 2.05) is 7.05 Å². The molecule has 1 rings (SSSR count). The van der Waals surface area contributed by atoms with Crippen LogP contribution in [0.15, 0.2) is 24.3 Å². The number of benzene rings is 1. The summed E-state index contributed by atoms with van der Waals surface area (Å²) < 4.78 is 0. The monoisotopic (exact) mass is 191 g/mol. The molecule has 0 amide bonds. The summed E-state index contributed by atoms with van der Waals surface area (Å²) in [5, 5.41) is 3.26. The standard InChI is InChI=1S/C13H21N/c1-5-11-8-6-7-9-12(11)13(2,3)10-14-4/h6-9,14H,5,10H2,1-4H3. The van der Waals surface area contributed by atoms with Crippen molar-refractivity contribution in [1.82, 2.24) is 5.32 Å². The van der Waals surface area contributed by atoms with Crippen molar-refractivity contribution in [3.05, 3.63) is 35.4 Å². The Labute approximate surface area is 87.5 Å². The van der Waals surface area contributed by atoms with Crippen molar-refractivity contribution in [2.24, 2.45) is 0 Å². The molecule has 1 aromatic carbocycles. The van der Waals surface area contributed by atoms with Gasteiger partial charge >= 0.3 is 0 Å². The molecule has 1 N–H and O–H groups in total. The van der Waals surface area contributed by atoms with Crippen LogP contribution in [0.25, 0.3) is 0 Å². The lowest BCUT2D eigenvalue weighted by Crippen LogP contribution is -2.31. The highest BCUT2D eigenvalue weighted by Crippen LogP contribution is 2.25. The average molecular weight is 191 g/mol. The molecular weight excluding hydrogens is 170 g/mol. The van der Waals surface area contributed by atoms with Crippen LogP contribution in [-0.2, 0) is 11.8 Å². The second-order valence-corrected chi connectivity index (χ2v) is 4.42. The van der Waals surface area contributed by atoms with Crippen LogP contribution in [0.2, 0.25) is 0 Å². The van der Waals surface area contributed by atoms with Gasteiger partial charge in [0.15, 0.2) is 0 Å². The molecule has 0 radical (unpaired) electrons. The van der Waals surface area contributed by atoms with E-state index in [0.717, 1.165) is 13.0 Å². The lowest BCUT2D eigenvalue weighted by atomic mass is 9.81. The van der Waals surface area contributed by atoms with Gasteiger partial charge in [0, 0.05) is 12.0 Å². The van der Waals surface area contributed by atoms with Crippen LogP contribution in [0, 0.1) is 0 Å². The Kier molecular flexibility index (Phi) is 3.70. The van der Waals surface area contributed by atoms with Crippen LogP contribution >= 0.6 is 0 Å². The van der Waals surface area contributed by atoms with Crippen LogP contribution in [-0.4, -0.2) is 13.6 Å². The van der Waals surface area contributed by atoms with Crippen molar-refractivity contribution in [1.29, 1.82) is 0 Å². The minimum atomic E-state index is 0.224. The number of rotatable bonds is 4. The van der Waals surface area contributed by atoms with Crippen molar-refractivity contribution in [2.75, 3.05) is 13.6 Å². The maximum Gasteiger partial charge on any atom is 0.00402 e. The Morgan fingerprint density at radius 2 is 1.86 bits per heavy atom. The number of aryl methyl sites for hydroxylation is 1. The first-order valence-electron chi connectivity index (χ1n) is 5.35. The molecular formula is C13H21N. The van der Waals surface area contributed by atoms with E-state index in [2.05, 4.69) is 50.4 Å². The van der Waals surface area contributed by atoms with Crippen molar-refractivity contribution < 1.29 is 0 Å². The highest BCUT2D eigenvalue weighted by molar-refractivity contribution is 5.33. The van der Waals surface area contributed by atoms with Crippen molar-refractivity contribution in [2.45, 2.75) is 32.6 Å².